The molecule has 4 aromatic rings. The molecule has 0 bridgehead atoms. The van der Waals surface area contributed by atoms with Crippen molar-refractivity contribution in [2.24, 2.45) is 0 Å². The van der Waals surface area contributed by atoms with Crippen LogP contribution in [0.5, 0.6) is 0 Å². The summed E-state index contributed by atoms with van der Waals surface area (Å²) in [6, 6.07) is 32.0. The maximum atomic E-state index is 16.6. The highest BCUT2D eigenvalue weighted by atomic mass is 19.4. The van der Waals surface area contributed by atoms with Crippen molar-refractivity contribution in [1.82, 2.24) is 9.88 Å². The van der Waals surface area contributed by atoms with Crippen molar-refractivity contribution in [3.63, 3.8) is 0 Å². The number of aromatic nitrogens is 1. The second-order valence-electron chi connectivity index (χ2n) is 12.6. The highest BCUT2D eigenvalue weighted by Gasteiger charge is 2.44. The Morgan fingerprint density at radius 1 is 0.667 bits per heavy atom. The maximum absolute atomic E-state index is 16.6. The molecule has 0 amide bonds. The summed E-state index contributed by atoms with van der Waals surface area (Å²) in [5.41, 5.74) is 0.654. The van der Waals surface area contributed by atoms with Crippen molar-refractivity contribution in [1.29, 1.82) is 0 Å². The SMILES string of the molecule is FC1(CN2CC(OCc3ccccc3)C(OCc3ccccc3)C(OCc3ccccc3)C2)CCN(c2ncccc2C(F)(F)F)CC1. The number of likely N-dealkylation sites (tertiary alicyclic amines) is 1. The molecular formula is C38H41F4N3O3. The molecule has 0 spiro atoms. The van der Waals surface area contributed by atoms with Gasteiger partial charge in [0.05, 0.1) is 37.6 Å². The fourth-order valence-electron chi connectivity index (χ4n) is 6.54. The van der Waals surface area contributed by atoms with E-state index in [1.54, 1.807) is 4.90 Å². The summed E-state index contributed by atoms with van der Waals surface area (Å²) in [7, 11) is 0. The predicted octanol–water partition coefficient (Wildman–Crippen LogP) is 7.48. The van der Waals surface area contributed by atoms with E-state index in [1.807, 2.05) is 95.9 Å². The molecule has 0 N–H and O–H groups in total. The molecule has 2 aliphatic rings. The quantitative estimate of drug-likeness (QED) is 0.147. The molecule has 0 radical (unpaired) electrons. The first-order valence-corrected chi connectivity index (χ1v) is 16.4. The van der Waals surface area contributed by atoms with Gasteiger partial charge in [-0.05, 0) is 28.8 Å². The molecule has 10 heteroatoms. The topological polar surface area (TPSA) is 47.1 Å². The molecule has 2 unspecified atom stereocenters. The molecule has 2 atom stereocenters. The summed E-state index contributed by atoms with van der Waals surface area (Å²) >= 11 is 0. The van der Waals surface area contributed by atoms with E-state index >= 15 is 4.39 Å². The molecule has 3 heterocycles. The first-order chi connectivity index (χ1) is 23.3. The number of halogens is 4. The van der Waals surface area contributed by atoms with Gasteiger partial charge in [0.2, 0.25) is 0 Å². The van der Waals surface area contributed by atoms with E-state index < -0.39 is 35.7 Å². The third kappa shape index (κ3) is 8.99. The van der Waals surface area contributed by atoms with E-state index in [-0.39, 0.29) is 38.3 Å². The Balaban J connectivity index is 1.19. The summed E-state index contributed by atoms with van der Waals surface area (Å²) < 4.78 is 77.2. The molecule has 6 rings (SSSR count). The Morgan fingerprint density at radius 2 is 1.15 bits per heavy atom. The minimum atomic E-state index is -4.54. The third-order valence-electron chi connectivity index (χ3n) is 9.07. The Labute approximate surface area is 279 Å². The van der Waals surface area contributed by atoms with Gasteiger partial charge in [-0.15, -0.1) is 0 Å². The number of piperidine rings is 2. The highest BCUT2D eigenvalue weighted by Crippen LogP contribution is 2.38. The lowest BCUT2D eigenvalue weighted by Crippen LogP contribution is -2.60. The van der Waals surface area contributed by atoms with Crippen molar-refractivity contribution in [2.75, 3.05) is 37.6 Å². The fourth-order valence-corrected chi connectivity index (χ4v) is 6.54. The van der Waals surface area contributed by atoms with Crippen molar-refractivity contribution < 1.29 is 31.8 Å². The highest BCUT2D eigenvalue weighted by molar-refractivity contribution is 5.49. The molecule has 6 nitrogen and oxygen atoms in total. The Hall–Kier alpha value is -3.83. The van der Waals surface area contributed by atoms with Crippen LogP contribution in [0.4, 0.5) is 23.4 Å². The van der Waals surface area contributed by atoms with Crippen molar-refractivity contribution >= 4 is 5.82 Å². The van der Waals surface area contributed by atoms with Crippen LogP contribution in [0, 0.1) is 0 Å². The van der Waals surface area contributed by atoms with Gasteiger partial charge in [0, 0.05) is 51.8 Å². The van der Waals surface area contributed by atoms with Crippen molar-refractivity contribution in [2.45, 2.75) is 62.8 Å². The average Bonchev–Trinajstić information content (AvgIpc) is 3.10. The molecule has 0 aliphatic carbocycles. The summed E-state index contributed by atoms with van der Waals surface area (Å²) in [4.78, 5) is 7.59. The first kappa shape index (κ1) is 34.0. The molecule has 254 valence electrons. The molecule has 2 aliphatic heterocycles. The molecule has 1 aromatic heterocycles. The smallest absolute Gasteiger partial charge is 0.369 e. The number of rotatable bonds is 12. The van der Waals surface area contributed by atoms with Gasteiger partial charge in [-0.2, -0.15) is 13.2 Å². The molecule has 3 aromatic carbocycles. The van der Waals surface area contributed by atoms with E-state index in [0.29, 0.717) is 32.9 Å². The number of anilines is 1. The monoisotopic (exact) mass is 663 g/mol. The Kier molecular flexibility index (Phi) is 11.1. The lowest BCUT2D eigenvalue weighted by Gasteiger charge is -2.46. The summed E-state index contributed by atoms with van der Waals surface area (Å²) in [6.45, 7) is 2.31. The fraction of sp³-hybridized carbons (Fsp3) is 0.395. The number of benzene rings is 3. The van der Waals surface area contributed by atoms with Gasteiger partial charge in [0.1, 0.15) is 17.6 Å². The van der Waals surface area contributed by atoms with Crippen LogP contribution >= 0.6 is 0 Å². The summed E-state index contributed by atoms with van der Waals surface area (Å²) in [5, 5.41) is 0. The number of alkyl halides is 4. The molecular weight excluding hydrogens is 622 g/mol. The van der Waals surface area contributed by atoms with Crippen molar-refractivity contribution in [3.05, 3.63) is 132 Å². The van der Waals surface area contributed by atoms with Gasteiger partial charge in [-0.1, -0.05) is 91.0 Å². The Bertz CT molecular complexity index is 1500. The van der Waals surface area contributed by atoms with E-state index in [9.17, 15) is 13.2 Å². The first-order valence-electron chi connectivity index (χ1n) is 16.4. The predicted molar refractivity (Wildman–Crippen MR) is 176 cm³/mol. The second-order valence-corrected chi connectivity index (χ2v) is 12.6. The van der Waals surface area contributed by atoms with E-state index in [0.717, 1.165) is 22.8 Å². The minimum Gasteiger partial charge on any atom is -0.369 e. The lowest BCUT2D eigenvalue weighted by atomic mass is 9.90. The second kappa shape index (κ2) is 15.6. The standard InChI is InChI=1S/C38H41F4N3O3/c39-37(18-21-45(22-19-37)36-32(38(40,41)42)17-10-20-43-36)28-44-23-33(46-25-29-11-4-1-5-12-29)35(48-27-31-15-8-3-9-16-31)34(24-44)47-26-30-13-6-2-7-14-30/h1-17,20,33-35H,18-19,21-28H2. The van der Waals surface area contributed by atoms with Crippen LogP contribution in [0.3, 0.4) is 0 Å². The normalized spacial score (nSPS) is 21.7. The molecule has 2 saturated heterocycles. The Morgan fingerprint density at radius 3 is 1.62 bits per heavy atom. The largest absolute Gasteiger partial charge is 0.419 e. The van der Waals surface area contributed by atoms with Gasteiger partial charge in [-0.3, -0.25) is 4.90 Å². The van der Waals surface area contributed by atoms with Gasteiger partial charge in [0.15, 0.2) is 0 Å². The zero-order valence-corrected chi connectivity index (χ0v) is 26.8. The summed E-state index contributed by atoms with van der Waals surface area (Å²) in [5.74, 6) is -0.146. The van der Waals surface area contributed by atoms with E-state index in [4.69, 9.17) is 14.2 Å². The number of ether oxygens (including phenoxy) is 3. The third-order valence-corrected chi connectivity index (χ3v) is 9.07. The molecule has 48 heavy (non-hydrogen) atoms. The number of nitrogens with zero attached hydrogens (tertiary/aromatic N) is 3. The van der Waals surface area contributed by atoms with Crippen LogP contribution < -0.4 is 4.90 Å². The van der Waals surface area contributed by atoms with Gasteiger partial charge in [-0.25, -0.2) is 9.37 Å². The van der Waals surface area contributed by atoms with Crippen LogP contribution in [0.1, 0.15) is 35.1 Å². The summed E-state index contributed by atoms with van der Waals surface area (Å²) in [6.07, 6.45) is -4.30. The average molecular weight is 664 g/mol. The van der Waals surface area contributed by atoms with Crippen LogP contribution in [-0.4, -0.2) is 66.6 Å². The minimum absolute atomic E-state index is 0.0797. The lowest BCUT2D eigenvalue weighted by molar-refractivity contribution is -0.188. The van der Waals surface area contributed by atoms with Crippen LogP contribution in [0.15, 0.2) is 109 Å². The zero-order chi connectivity index (χ0) is 33.4. The van der Waals surface area contributed by atoms with Gasteiger partial charge in [0.25, 0.3) is 0 Å². The van der Waals surface area contributed by atoms with Crippen LogP contribution in [-0.2, 0) is 40.2 Å². The van der Waals surface area contributed by atoms with E-state index in [1.165, 1.54) is 12.3 Å². The number of hydrogen-bond donors (Lipinski definition) is 0. The van der Waals surface area contributed by atoms with Crippen LogP contribution in [0.25, 0.3) is 0 Å². The van der Waals surface area contributed by atoms with Gasteiger partial charge >= 0.3 is 6.18 Å². The number of hydrogen-bond acceptors (Lipinski definition) is 6. The zero-order valence-electron chi connectivity index (χ0n) is 26.8. The number of pyridine rings is 1. The van der Waals surface area contributed by atoms with Crippen LogP contribution in [0.2, 0.25) is 0 Å². The molecule has 2 fully saturated rings. The maximum Gasteiger partial charge on any atom is 0.419 e. The molecule has 0 saturated carbocycles. The van der Waals surface area contributed by atoms with Gasteiger partial charge < -0.3 is 19.1 Å². The van der Waals surface area contributed by atoms with E-state index in [2.05, 4.69) is 4.98 Å². The van der Waals surface area contributed by atoms with Crippen molar-refractivity contribution in [3.8, 4) is 0 Å².